The van der Waals surface area contributed by atoms with Crippen LogP contribution in [0.15, 0.2) is 11.8 Å². The van der Waals surface area contributed by atoms with Crippen LogP contribution in [-0.4, -0.2) is 58.1 Å². The van der Waals surface area contributed by atoms with E-state index in [1.165, 1.54) is 6.42 Å². The molecule has 1 unspecified atom stereocenters. The average molecular weight is 176 g/mol. The Morgan fingerprint density at radius 3 is 2.75 bits per heavy atom. The van der Waals surface area contributed by atoms with Gasteiger partial charge in [-0.2, -0.15) is 0 Å². The first-order valence-corrected chi connectivity index (χ1v) is 3.99. The Kier molecular flexibility index (Phi) is 3.21. The Morgan fingerprint density at radius 1 is 1.58 bits per heavy atom. The number of carboxylic acid groups (broad SMARTS) is 1. The molecule has 3 nitrogen and oxygen atoms in total. The van der Waals surface area contributed by atoms with Crippen LogP contribution in [0.4, 0.5) is 0 Å². The van der Waals surface area contributed by atoms with Crippen molar-refractivity contribution < 1.29 is 9.90 Å². The zero-order valence-corrected chi connectivity index (χ0v) is 9.29. The maximum Gasteiger partial charge on any atom is 0.351 e. The molecule has 2 aliphatic rings. The van der Waals surface area contributed by atoms with E-state index in [2.05, 4.69) is 0 Å². The summed E-state index contributed by atoms with van der Waals surface area (Å²) in [5.74, 6) is -0.769. The van der Waals surface area contributed by atoms with Gasteiger partial charge in [0, 0.05) is 42.1 Å². The number of nitrogens with zero attached hydrogens (tertiary/aromatic N) is 1. The molecule has 0 aromatic rings. The Morgan fingerprint density at radius 2 is 2.33 bits per heavy atom. The van der Waals surface area contributed by atoms with Crippen molar-refractivity contribution in [3.63, 3.8) is 0 Å². The van der Waals surface area contributed by atoms with Gasteiger partial charge in [-0.15, -0.1) is 0 Å². The molecule has 4 heteroatoms. The van der Waals surface area contributed by atoms with Gasteiger partial charge in [0.1, 0.15) is 5.70 Å². The molecule has 0 aromatic carbocycles. The van der Waals surface area contributed by atoms with Crippen molar-refractivity contribution in [2.24, 2.45) is 0 Å². The van der Waals surface area contributed by atoms with Gasteiger partial charge in [0.2, 0.25) is 0 Å². The second-order valence-corrected chi connectivity index (χ2v) is 3.11. The van der Waals surface area contributed by atoms with Crippen molar-refractivity contribution in [1.29, 1.82) is 0 Å². The van der Waals surface area contributed by atoms with E-state index < -0.39 is 5.97 Å². The van der Waals surface area contributed by atoms with E-state index in [-0.39, 0.29) is 29.6 Å². The van der Waals surface area contributed by atoms with E-state index in [1.807, 2.05) is 11.0 Å². The molecular formula is C8H11NNaO2. The van der Waals surface area contributed by atoms with Crippen molar-refractivity contribution in [3.05, 3.63) is 11.8 Å². The van der Waals surface area contributed by atoms with E-state index in [1.54, 1.807) is 0 Å². The van der Waals surface area contributed by atoms with Gasteiger partial charge < -0.3 is 10.0 Å². The number of fused-ring (bicyclic) bond motifs is 1. The molecule has 0 amide bonds. The van der Waals surface area contributed by atoms with E-state index in [9.17, 15) is 4.79 Å². The molecule has 2 aliphatic heterocycles. The average Bonchev–Trinajstić information content (AvgIpc) is 1.90. The number of aliphatic carboxylic acids is 1. The Labute approximate surface area is 93.7 Å². The number of allylic oxidation sites excluding steroid dienone is 1. The van der Waals surface area contributed by atoms with E-state index in [0.29, 0.717) is 11.7 Å². The summed E-state index contributed by atoms with van der Waals surface area (Å²) in [5, 5.41) is 8.75. The SMILES string of the molecule is O=C(O)C1=CCCC2CCN12.[Na]. The molecule has 0 saturated carbocycles. The van der Waals surface area contributed by atoms with Gasteiger partial charge in [-0.25, -0.2) is 4.79 Å². The van der Waals surface area contributed by atoms with Crippen LogP contribution in [0.1, 0.15) is 19.3 Å². The summed E-state index contributed by atoms with van der Waals surface area (Å²) in [6.07, 6.45) is 5.07. The Bertz CT molecular complexity index is 227. The number of carboxylic acids is 1. The van der Waals surface area contributed by atoms with E-state index >= 15 is 0 Å². The van der Waals surface area contributed by atoms with Crippen molar-refractivity contribution in [2.75, 3.05) is 6.54 Å². The van der Waals surface area contributed by atoms with Gasteiger partial charge in [-0.3, -0.25) is 0 Å². The first-order valence-electron chi connectivity index (χ1n) is 3.99. The molecule has 1 fully saturated rings. The molecular weight excluding hydrogens is 165 g/mol. The molecule has 12 heavy (non-hydrogen) atoms. The minimum Gasteiger partial charge on any atom is -0.477 e. The van der Waals surface area contributed by atoms with Crippen molar-refractivity contribution >= 4 is 35.5 Å². The number of hydrogen-bond acceptors (Lipinski definition) is 2. The fourth-order valence-corrected chi connectivity index (χ4v) is 1.80. The van der Waals surface area contributed by atoms with Crippen LogP contribution in [0.3, 0.4) is 0 Å². The first kappa shape index (κ1) is 10.1. The standard InChI is InChI=1S/C8H11NO2.Na/c10-8(11)7-3-1-2-6-4-5-9(6)7;/h3,6H,1-2,4-5H2,(H,10,11);. The minimum absolute atomic E-state index is 0. The predicted molar refractivity (Wildman–Crippen MR) is 45.8 cm³/mol. The summed E-state index contributed by atoms with van der Waals surface area (Å²) in [6, 6.07) is 0.533. The summed E-state index contributed by atoms with van der Waals surface area (Å²) in [4.78, 5) is 12.6. The number of rotatable bonds is 1. The molecule has 1 saturated heterocycles. The van der Waals surface area contributed by atoms with Crippen LogP contribution in [0.2, 0.25) is 0 Å². The van der Waals surface area contributed by atoms with Crippen LogP contribution in [0.25, 0.3) is 0 Å². The molecule has 0 bridgehead atoms. The largest absolute Gasteiger partial charge is 0.477 e. The molecule has 1 N–H and O–H groups in total. The molecule has 0 aromatic heterocycles. The second-order valence-electron chi connectivity index (χ2n) is 3.11. The maximum atomic E-state index is 10.6. The summed E-state index contributed by atoms with van der Waals surface area (Å²) in [7, 11) is 0. The van der Waals surface area contributed by atoms with Crippen LogP contribution in [0.5, 0.6) is 0 Å². The minimum atomic E-state index is -0.769. The van der Waals surface area contributed by atoms with E-state index in [0.717, 1.165) is 19.4 Å². The fraction of sp³-hybridized carbons (Fsp3) is 0.625. The van der Waals surface area contributed by atoms with Crippen LogP contribution >= 0.6 is 0 Å². The van der Waals surface area contributed by atoms with Gasteiger partial charge in [-0.05, 0) is 19.3 Å². The monoisotopic (exact) mass is 176 g/mol. The third kappa shape index (κ3) is 1.53. The van der Waals surface area contributed by atoms with Crippen LogP contribution in [-0.2, 0) is 4.79 Å². The fourth-order valence-electron chi connectivity index (χ4n) is 1.80. The molecule has 61 valence electrons. The van der Waals surface area contributed by atoms with Gasteiger partial charge in [0.25, 0.3) is 0 Å². The quantitative estimate of drug-likeness (QED) is 0.589. The Balaban J connectivity index is 0.000000720. The topological polar surface area (TPSA) is 40.5 Å². The summed E-state index contributed by atoms with van der Waals surface area (Å²) in [6.45, 7) is 0.933. The maximum absolute atomic E-state index is 10.6. The molecule has 2 heterocycles. The van der Waals surface area contributed by atoms with Crippen molar-refractivity contribution in [1.82, 2.24) is 4.90 Å². The Hall–Kier alpha value is 0.0100. The van der Waals surface area contributed by atoms with Crippen molar-refractivity contribution in [2.45, 2.75) is 25.3 Å². The molecule has 1 atom stereocenters. The zero-order chi connectivity index (χ0) is 7.84. The van der Waals surface area contributed by atoms with Gasteiger partial charge in [0.05, 0.1) is 0 Å². The second kappa shape index (κ2) is 3.81. The molecule has 0 spiro atoms. The van der Waals surface area contributed by atoms with Gasteiger partial charge in [0.15, 0.2) is 0 Å². The third-order valence-corrected chi connectivity index (χ3v) is 2.51. The normalized spacial score (nSPS) is 26.2. The predicted octanol–water partition coefficient (Wildman–Crippen LogP) is 0.442. The first-order chi connectivity index (χ1) is 5.29. The number of carbonyl (C=O) groups is 1. The molecule has 2 rings (SSSR count). The van der Waals surface area contributed by atoms with Gasteiger partial charge in [-0.1, -0.05) is 6.08 Å². The molecule has 0 aliphatic carbocycles. The summed E-state index contributed by atoms with van der Waals surface area (Å²) < 4.78 is 0. The zero-order valence-electron chi connectivity index (χ0n) is 7.29. The van der Waals surface area contributed by atoms with Crippen LogP contribution in [0, 0.1) is 0 Å². The van der Waals surface area contributed by atoms with E-state index in [4.69, 9.17) is 5.11 Å². The smallest absolute Gasteiger partial charge is 0.351 e. The van der Waals surface area contributed by atoms with Gasteiger partial charge >= 0.3 is 5.97 Å². The summed E-state index contributed by atoms with van der Waals surface area (Å²) >= 11 is 0. The number of hydrogen-bond donors (Lipinski definition) is 1. The van der Waals surface area contributed by atoms with Crippen LogP contribution < -0.4 is 0 Å². The summed E-state index contributed by atoms with van der Waals surface area (Å²) in [5.41, 5.74) is 0.521. The van der Waals surface area contributed by atoms with Crippen molar-refractivity contribution in [3.8, 4) is 0 Å². The third-order valence-electron chi connectivity index (χ3n) is 2.51. The molecule has 1 radical (unpaired) electrons.